The lowest BCUT2D eigenvalue weighted by Crippen LogP contribution is -2.42. The predicted octanol–water partition coefficient (Wildman–Crippen LogP) is 5.51. The molecule has 0 aliphatic carbocycles. The van der Waals surface area contributed by atoms with Crippen molar-refractivity contribution < 1.29 is 9.59 Å². The largest absolute Gasteiger partial charge is 0.397 e. The van der Waals surface area contributed by atoms with E-state index in [-0.39, 0.29) is 17.9 Å². The Morgan fingerprint density at radius 2 is 1.80 bits per heavy atom. The third-order valence-corrected chi connectivity index (χ3v) is 6.59. The predicted molar refractivity (Wildman–Crippen MR) is 146 cm³/mol. The summed E-state index contributed by atoms with van der Waals surface area (Å²) in [4.78, 5) is 26.6. The highest BCUT2D eigenvalue weighted by atomic mass is 32.1. The van der Waals surface area contributed by atoms with E-state index in [4.69, 9.17) is 5.73 Å². The van der Waals surface area contributed by atoms with Crippen LogP contribution in [0.2, 0.25) is 0 Å². The molecule has 0 saturated carbocycles. The van der Waals surface area contributed by atoms with E-state index in [1.165, 1.54) is 11.0 Å². The second-order valence-corrected chi connectivity index (χ2v) is 9.40. The Hall–Kier alpha value is -3.42. The number of para-hydroxylation sites is 2. The number of thiophene rings is 1. The fourth-order valence-electron chi connectivity index (χ4n) is 3.75. The van der Waals surface area contributed by atoms with Crippen LogP contribution in [0.15, 0.2) is 72.1 Å². The van der Waals surface area contributed by atoms with Crippen molar-refractivity contribution in [1.82, 2.24) is 10.6 Å². The Kier molecular flexibility index (Phi) is 10.1. The van der Waals surface area contributed by atoms with Crippen molar-refractivity contribution in [3.8, 4) is 0 Å². The van der Waals surface area contributed by atoms with E-state index < -0.39 is 6.04 Å². The van der Waals surface area contributed by atoms with Crippen LogP contribution in [0.4, 0.5) is 11.4 Å². The molecule has 0 saturated heterocycles. The zero-order chi connectivity index (χ0) is 25.0. The van der Waals surface area contributed by atoms with Gasteiger partial charge in [-0.15, -0.1) is 11.3 Å². The number of carbonyl (C=O) groups is 2. The van der Waals surface area contributed by atoms with Gasteiger partial charge in [0.15, 0.2) is 0 Å². The van der Waals surface area contributed by atoms with E-state index in [0.29, 0.717) is 17.9 Å². The molecule has 184 valence electrons. The number of benzene rings is 2. The van der Waals surface area contributed by atoms with Gasteiger partial charge in [0.25, 0.3) is 0 Å². The first kappa shape index (κ1) is 26.2. The highest BCUT2D eigenvalue weighted by Crippen LogP contribution is 2.19. The maximum atomic E-state index is 13.2. The number of nitrogens with one attached hydrogen (secondary N) is 3. The fraction of sp³-hybridized carbons (Fsp3) is 0.286. The van der Waals surface area contributed by atoms with Crippen LogP contribution < -0.4 is 21.7 Å². The standard InChI is InChI=1S/C28H34N4O2S/c1-3-8-22(4-2)31-28(34)27(30-19-23-9-7-18-35-23)21-15-12-20(13-16-21)14-17-26(33)32-25-11-6-5-10-24(25)29/h5-7,9-18,22,27,30H,3-4,8,19,29H2,1-2H3,(H,31,34)(H,32,33)/b17-14+. The monoisotopic (exact) mass is 490 g/mol. The first-order valence-electron chi connectivity index (χ1n) is 12.0. The second kappa shape index (κ2) is 13.5. The number of anilines is 2. The average molecular weight is 491 g/mol. The van der Waals surface area contributed by atoms with Crippen molar-refractivity contribution in [3.63, 3.8) is 0 Å². The summed E-state index contributed by atoms with van der Waals surface area (Å²) in [7, 11) is 0. The molecule has 0 radical (unpaired) electrons. The van der Waals surface area contributed by atoms with Crippen LogP contribution in [0.25, 0.3) is 6.08 Å². The number of rotatable bonds is 12. The molecule has 6 nitrogen and oxygen atoms in total. The lowest BCUT2D eigenvalue weighted by molar-refractivity contribution is -0.124. The molecular weight excluding hydrogens is 456 g/mol. The van der Waals surface area contributed by atoms with E-state index in [2.05, 4.69) is 35.9 Å². The summed E-state index contributed by atoms with van der Waals surface area (Å²) in [6.07, 6.45) is 6.09. The van der Waals surface area contributed by atoms with E-state index in [1.807, 2.05) is 47.8 Å². The van der Waals surface area contributed by atoms with Gasteiger partial charge in [-0.2, -0.15) is 0 Å². The maximum Gasteiger partial charge on any atom is 0.248 e. The van der Waals surface area contributed by atoms with E-state index in [0.717, 1.165) is 30.4 Å². The number of hydrogen-bond donors (Lipinski definition) is 4. The zero-order valence-corrected chi connectivity index (χ0v) is 21.1. The first-order valence-corrected chi connectivity index (χ1v) is 12.9. The van der Waals surface area contributed by atoms with Crippen molar-refractivity contribution in [2.75, 3.05) is 11.1 Å². The molecule has 5 N–H and O–H groups in total. The number of nitrogens with two attached hydrogens (primary N) is 1. The van der Waals surface area contributed by atoms with Crippen LogP contribution in [-0.4, -0.2) is 17.9 Å². The molecule has 35 heavy (non-hydrogen) atoms. The fourth-order valence-corrected chi connectivity index (χ4v) is 4.40. The Labute approximate surface area is 211 Å². The Morgan fingerprint density at radius 3 is 2.46 bits per heavy atom. The van der Waals surface area contributed by atoms with Gasteiger partial charge in [0.2, 0.25) is 11.8 Å². The highest BCUT2D eigenvalue weighted by molar-refractivity contribution is 7.09. The lowest BCUT2D eigenvalue weighted by atomic mass is 10.0. The van der Waals surface area contributed by atoms with Crippen LogP contribution in [-0.2, 0) is 16.1 Å². The second-order valence-electron chi connectivity index (χ2n) is 8.37. The minimum Gasteiger partial charge on any atom is -0.397 e. The number of hydrogen-bond acceptors (Lipinski definition) is 5. The average Bonchev–Trinajstić information content (AvgIpc) is 3.38. The molecule has 2 atom stereocenters. The Morgan fingerprint density at radius 1 is 1.03 bits per heavy atom. The van der Waals surface area contributed by atoms with E-state index in [9.17, 15) is 9.59 Å². The van der Waals surface area contributed by atoms with Crippen LogP contribution in [0.5, 0.6) is 0 Å². The van der Waals surface area contributed by atoms with Crippen LogP contribution in [0.1, 0.15) is 55.2 Å². The summed E-state index contributed by atoms with van der Waals surface area (Å²) in [5.74, 6) is -0.284. The molecule has 2 unspecified atom stereocenters. The molecule has 3 aromatic rings. The Balaban J connectivity index is 1.69. The highest BCUT2D eigenvalue weighted by Gasteiger charge is 2.22. The van der Waals surface area contributed by atoms with E-state index >= 15 is 0 Å². The molecule has 0 spiro atoms. The van der Waals surface area contributed by atoms with Crippen LogP contribution in [0.3, 0.4) is 0 Å². The summed E-state index contributed by atoms with van der Waals surface area (Å²) in [5.41, 5.74) is 8.72. The third-order valence-electron chi connectivity index (χ3n) is 5.71. The number of carbonyl (C=O) groups excluding carboxylic acids is 2. The first-order chi connectivity index (χ1) is 17.0. The molecule has 3 rings (SSSR count). The van der Waals surface area contributed by atoms with Crippen molar-refractivity contribution in [1.29, 1.82) is 0 Å². The van der Waals surface area contributed by atoms with Gasteiger partial charge in [0, 0.05) is 23.5 Å². The summed E-state index contributed by atoms with van der Waals surface area (Å²) < 4.78 is 0. The van der Waals surface area contributed by atoms with Gasteiger partial charge in [-0.1, -0.05) is 62.7 Å². The van der Waals surface area contributed by atoms with Crippen molar-refractivity contribution in [3.05, 3.63) is 88.1 Å². The normalized spacial score (nSPS) is 12.9. The molecule has 0 fully saturated rings. The van der Waals surface area contributed by atoms with Crippen LogP contribution >= 0.6 is 11.3 Å². The molecule has 0 bridgehead atoms. The lowest BCUT2D eigenvalue weighted by Gasteiger charge is -2.23. The molecule has 1 aromatic heterocycles. The van der Waals surface area contributed by atoms with E-state index in [1.54, 1.807) is 29.5 Å². The summed E-state index contributed by atoms with van der Waals surface area (Å²) in [6.45, 7) is 4.84. The molecule has 2 aromatic carbocycles. The van der Waals surface area contributed by atoms with Crippen molar-refractivity contribution >= 4 is 40.6 Å². The molecular formula is C28H34N4O2S. The van der Waals surface area contributed by atoms with Gasteiger partial charge in [0.05, 0.1) is 11.4 Å². The summed E-state index contributed by atoms with van der Waals surface area (Å²) >= 11 is 1.66. The van der Waals surface area contributed by atoms with Gasteiger partial charge in [-0.25, -0.2) is 0 Å². The van der Waals surface area contributed by atoms with Crippen molar-refractivity contribution in [2.45, 2.75) is 51.7 Å². The number of amides is 2. The SMILES string of the molecule is CCCC(CC)NC(=O)C(NCc1cccs1)c1ccc(/C=C/C(=O)Nc2ccccc2N)cc1. The smallest absolute Gasteiger partial charge is 0.248 e. The summed E-state index contributed by atoms with van der Waals surface area (Å²) in [5, 5.41) is 11.4. The van der Waals surface area contributed by atoms with Gasteiger partial charge in [0.1, 0.15) is 6.04 Å². The molecule has 0 aliphatic rings. The molecule has 2 amide bonds. The van der Waals surface area contributed by atoms with Gasteiger partial charge >= 0.3 is 0 Å². The maximum absolute atomic E-state index is 13.2. The third kappa shape index (κ3) is 8.09. The quantitative estimate of drug-likeness (QED) is 0.199. The Bertz CT molecular complexity index is 1110. The minimum atomic E-state index is -0.467. The van der Waals surface area contributed by atoms with Crippen molar-refractivity contribution in [2.24, 2.45) is 0 Å². The number of nitrogen functional groups attached to an aromatic ring is 1. The van der Waals surface area contributed by atoms with Gasteiger partial charge in [-0.3, -0.25) is 14.9 Å². The molecule has 1 heterocycles. The van der Waals surface area contributed by atoms with Crippen LogP contribution in [0, 0.1) is 0 Å². The molecule has 0 aliphatic heterocycles. The zero-order valence-electron chi connectivity index (χ0n) is 20.3. The minimum absolute atomic E-state index is 0.0232. The van der Waals surface area contributed by atoms with Gasteiger partial charge in [-0.05, 0) is 53.6 Å². The van der Waals surface area contributed by atoms with Gasteiger partial charge < -0.3 is 16.4 Å². The summed E-state index contributed by atoms with van der Waals surface area (Å²) in [6, 6.07) is 18.6. The topological polar surface area (TPSA) is 96.2 Å². The molecule has 7 heteroatoms.